The molecular weight excluding hydrogens is 475 g/mol. The van der Waals surface area contributed by atoms with Gasteiger partial charge in [0.15, 0.2) is 11.6 Å². The van der Waals surface area contributed by atoms with E-state index in [0.717, 1.165) is 36.4 Å². The number of hydrogen-bond donors (Lipinski definition) is 0. The van der Waals surface area contributed by atoms with Crippen molar-refractivity contribution >= 4 is 28.6 Å². The van der Waals surface area contributed by atoms with Crippen molar-refractivity contribution in [1.29, 1.82) is 0 Å². The van der Waals surface area contributed by atoms with E-state index in [-0.39, 0.29) is 33.3 Å². The highest BCUT2D eigenvalue weighted by Crippen LogP contribution is 2.51. The molecule has 0 bridgehead atoms. The second-order valence-corrected chi connectivity index (χ2v) is 7.55. The number of carbonyl (C=O) groups is 1. The summed E-state index contributed by atoms with van der Waals surface area (Å²) in [5.41, 5.74) is -0.742. The van der Waals surface area contributed by atoms with Crippen LogP contribution in [0.4, 0.5) is 39.5 Å². The molecular formula is C19H11F9N2OS. The van der Waals surface area contributed by atoms with Gasteiger partial charge in [0.1, 0.15) is 0 Å². The van der Waals surface area contributed by atoms with Crippen LogP contribution >= 0.6 is 11.8 Å². The van der Waals surface area contributed by atoms with Crippen LogP contribution in [-0.4, -0.2) is 33.2 Å². The first-order chi connectivity index (χ1) is 14.8. The zero-order valence-electron chi connectivity index (χ0n) is 15.5. The van der Waals surface area contributed by atoms with E-state index in [0.29, 0.717) is 4.57 Å². The third-order valence-electron chi connectivity index (χ3n) is 4.39. The van der Waals surface area contributed by atoms with Gasteiger partial charge < -0.3 is 4.57 Å². The number of halogens is 9. The third-order valence-corrected chi connectivity index (χ3v) is 5.11. The van der Waals surface area contributed by atoms with Crippen LogP contribution in [0.25, 0.3) is 11.0 Å². The van der Waals surface area contributed by atoms with E-state index in [9.17, 15) is 44.3 Å². The van der Waals surface area contributed by atoms with Gasteiger partial charge in [-0.15, -0.1) is 0 Å². The summed E-state index contributed by atoms with van der Waals surface area (Å²) in [6, 6.07) is 9.35. The van der Waals surface area contributed by atoms with Gasteiger partial charge in [0.25, 0.3) is 5.76 Å². The molecule has 0 aliphatic rings. The monoisotopic (exact) mass is 486 g/mol. The van der Waals surface area contributed by atoms with E-state index in [1.165, 1.54) is 12.1 Å². The minimum absolute atomic E-state index is 0.0988. The zero-order chi connectivity index (χ0) is 23.9. The second-order valence-electron chi connectivity index (χ2n) is 6.48. The van der Waals surface area contributed by atoms with Crippen LogP contribution in [0.5, 0.6) is 0 Å². The van der Waals surface area contributed by atoms with Crippen LogP contribution in [0.15, 0.2) is 53.4 Å². The molecule has 0 N–H and O–H groups in total. The number of Topliss-reactive ketones (excluding diaryl/α,β-unsaturated/α-hetero) is 1. The summed E-state index contributed by atoms with van der Waals surface area (Å²) >= 11 is 0.188. The van der Waals surface area contributed by atoms with E-state index >= 15 is 0 Å². The Hall–Kier alpha value is -2.70. The Labute approximate surface area is 178 Å². The predicted octanol–water partition coefficient (Wildman–Crippen LogP) is 6.52. The van der Waals surface area contributed by atoms with E-state index in [1.54, 1.807) is 0 Å². The molecule has 0 fully saturated rings. The van der Waals surface area contributed by atoms with Crippen molar-refractivity contribution in [3.05, 3.63) is 59.9 Å². The lowest BCUT2D eigenvalue weighted by atomic mass is 10.1. The number of benzene rings is 2. The van der Waals surface area contributed by atoms with Gasteiger partial charge in [-0.2, -0.15) is 39.5 Å². The van der Waals surface area contributed by atoms with Crippen molar-refractivity contribution in [2.75, 3.05) is 0 Å². The van der Waals surface area contributed by atoms with Gasteiger partial charge in [-0.05, 0) is 24.3 Å². The molecule has 0 saturated heterocycles. The van der Waals surface area contributed by atoms with Gasteiger partial charge in [0.05, 0.1) is 17.6 Å². The fourth-order valence-corrected chi connectivity index (χ4v) is 3.35. The molecule has 2 aromatic carbocycles. The van der Waals surface area contributed by atoms with Crippen LogP contribution in [0.1, 0.15) is 16.2 Å². The summed E-state index contributed by atoms with van der Waals surface area (Å²) in [5.74, 6) is -17.8. The molecule has 3 rings (SSSR count). The van der Waals surface area contributed by atoms with Gasteiger partial charge in [-0.1, -0.05) is 36.0 Å². The molecule has 0 radical (unpaired) electrons. The van der Waals surface area contributed by atoms with Gasteiger partial charge in [-0.25, -0.2) is 4.98 Å². The summed E-state index contributed by atoms with van der Waals surface area (Å²) in [5, 5.41) is 0. The third kappa shape index (κ3) is 4.30. The predicted molar refractivity (Wildman–Crippen MR) is 97.3 cm³/mol. The Morgan fingerprint density at radius 3 is 2.09 bits per heavy atom. The molecule has 0 unspecified atom stereocenters. The van der Waals surface area contributed by atoms with Crippen molar-refractivity contribution in [3.63, 3.8) is 0 Å². The van der Waals surface area contributed by atoms with Crippen molar-refractivity contribution in [2.24, 2.45) is 0 Å². The standard InChI is InChI=1S/C19H11F9N2OS/c20-16(21)32-11-7-5-10(6-8-11)14(31)9-30-13-4-2-1-3-12(13)29-15(30)17(22,23)18(24,25)19(26,27)28/h1-8,16H,9H2. The number of hydrogen-bond acceptors (Lipinski definition) is 3. The molecule has 1 heterocycles. The number of aromatic nitrogens is 2. The zero-order valence-corrected chi connectivity index (χ0v) is 16.3. The minimum atomic E-state index is -6.58. The van der Waals surface area contributed by atoms with Gasteiger partial charge in [-0.3, -0.25) is 4.79 Å². The Kier molecular flexibility index (Phi) is 6.24. The molecule has 0 amide bonds. The smallest absolute Gasteiger partial charge is 0.315 e. The number of thioether (sulfide) groups is 1. The topological polar surface area (TPSA) is 34.9 Å². The van der Waals surface area contributed by atoms with Crippen molar-refractivity contribution in [1.82, 2.24) is 9.55 Å². The molecule has 13 heteroatoms. The quantitative estimate of drug-likeness (QED) is 0.217. The number of para-hydroxylation sites is 2. The molecule has 0 atom stereocenters. The summed E-state index contributed by atoms with van der Waals surface area (Å²) in [7, 11) is 0. The summed E-state index contributed by atoms with van der Waals surface area (Å²) in [4.78, 5) is 15.9. The number of nitrogens with zero attached hydrogens (tertiary/aromatic N) is 2. The number of alkyl halides is 9. The van der Waals surface area contributed by atoms with Gasteiger partial charge >= 0.3 is 18.0 Å². The van der Waals surface area contributed by atoms with E-state index in [1.807, 2.05) is 0 Å². The Balaban J connectivity index is 2.04. The van der Waals surface area contributed by atoms with Crippen LogP contribution < -0.4 is 0 Å². The molecule has 0 spiro atoms. The lowest BCUT2D eigenvalue weighted by Crippen LogP contribution is -2.51. The molecule has 172 valence electrons. The van der Waals surface area contributed by atoms with Crippen LogP contribution in [-0.2, 0) is 12.5 Å². The highest BCUT2D eigenvalue weighted by atomic mass is 32.2. The molecule has 3 nitrogen and oxygen atoms in total. The van der Waals surface area contributed by atoms with Crippen molar-refractivity contribution in [3.8, 4) is 0 Å². The largest absolute Gasteiger partial charge is 0.460 e. The molecule has 3 aromatic rings. The summed E-state index contributed by atoms with van der Waals surface area (Å²) in [6.07, 6.45) is -6.58. The molecule has 0 saturated carbocycles. The normalized spacial score (nSPS) is 13.2. The number of fused-ring (bicyclic) bond motifs is 1. The average molecular weight is 486 g/mol. The van der Waals surface area contributed by atoms with Gasteiger partial charge in [0, 0.05) is 10.5 Å². The van der Waals surface area contributed by atoms with Gasteiger partial charge in [0.2, 0.25) is 0 Å². The maximum Gasteiger partial charge on any atom is 0.460 e. The van der Waals surface area contributed by atoms with Crippen LogP contribution in [0, 0.1) is 0 Å². The maximum absolute atomic E-state index is 14.4. The van der Waals surface area contributed by atoms with Crippen molar-refractivity contribution < 1.29 is 44.3 Å². The second kappa shape index (κ2) is 8.34. The van der Waals surface area contributed by atoms with E-state index in [2.05, 4.69) is 4.98 Å². The lowest BCUT2D eigenvalue weighted by Gasteiger charge is -2.28. The Morgan fingerprint density at radius 1 is 0.938 bits per heavy atom. The van der Waals surface area contributed by atoms with E-state index < -0.39 is 41.9 Å². The fraction of sp³-hybridized carbons (Fsp3) is 0.263. The first-order valence-electron chi connectivity index (χ1n) is 8.62. The lowest BCUT2D eigenvalue weighted by molar-refractivity contribution is -0.361. The summed E-state index contributed by atoms with van der Waals surface area (Å²) < 4.78 is 119. The maximum atomic E-state index is 14.4. The molecule has 0 aliphatic heterocycles. The highest BCUT2D eigenvalue weighted by molar-refractivity contribution is 7.99. The first kappa shape index (κ1) is 24.0. The highest BCUT2D eigenvalue weighted by Gasteiger charge is 2.75. The van der Waals surface area contributed by atoms with E-state index in [4.69, 9.17) is 0 Å². The molecule has 0 aliphatic carbocycles. The number of ketones is 1. The Morgan fingerprint density at radius 2 is 1.53 bits per heavy atom. The molecule has 1 aromatic heterocycles. The average Bonchev–Trinajstić information content (AvgIpc) is 3.06. The van der Waals surface area contributed by atoms with Crippen LogP contribution in [0.3, 0.4) is 0 Å². The number of rotatable bonds is 7. The molecule has 32 heavy (non-hydrogen) atoms. The SMILES string of the molecule is O=C(Cn1c(C(F)(F)C(F)(F)C(F)(F)F)nc2ccccc21)c1ccc(SC(F)F)cc1. The fourth-order valence-electron chi connectivity index (χ4n) is 2.85. The number of carbonyl (C=O) groups excluding carboxylic acids is 1. The van der Waals surface area contributed by atoms with Crippen LogP contribution in [0.2, 0.25) is 0 Å². The Bertz CT molecular complexity index is 1120. The summed E-state index contributed by atoms with van der Waals surface area (Å²) in [6.45, 7) is -1.04. The van der Waals surface area contributed by atoms with Crippen molar-refractivity contribution in [2.45, 2.75) is 35.2 Å². The first-order valence-corrected chi connectivity index (χ1v) is 9.50. The minimum Gasteiger partial charge on any atom is -0.315 e. The number of imidazole rings is 1.